The van der Waals surface area contributed by atoms with E-state index in [2.05, 4.69) is 36.5 Å². The molecule has 1 aliphatic carbocycles. The molecule has 94 valence electrons. The summed E-state index contributed by atoms with van der Waals surface area (Å²) in [5, 5.41) is 3.53. The summed E-state index contributed by atoms with van der Waals surface area (Å²) in [4.78, 5) is 0. The fourth-order valence-electron chi connectivity index (χ4n) is 2.93. The summed E-state index contributed by atoms with van der Waals surface area (Å²) < 4.78 is 5.23. The zero-order chi connectivity index (χ0) is 12.1. The van der Waals surface area contributed by atoms with Crippen molar-refractivity contribution in [1.29, 1.82) is 0 Å². The van der Waals surface area contributed by atoms with Crippen LogP contribution in [0.5, 0.6) is 5.75 Å². The van der Waals surface area contributed by atoms with E-state index in [1.54, 1.807) is 7.11 Å². The van der Waals surface area contributed by atoms with Gasteiger partial charge in [0.25, 0.3) is 0 Å². The third-order valence-electron chi connectivity index (χ3n) is 3.98. The lowest BCUT2D eigenvalue weighted by Gasteiger charge is -2.30. The van der Waals surface area contributed by atoms with Crippen molar-refractivity contribution in [2.24, 2.45) is 0 Å². The Bertz CT molecular complexity index is 338. The van der Waals surface area contributed by atoms with Crippen LogP contribution in [0.25, 0.3) is 0 Å². The largest absolute Gasteiger partial charge is 0.497 e. The first kappa shape index (κ1) is 12.4. The molecular weight excluding hydrogens is 210 g/mol. The Kier molecular flexibility index (Phi) is 4.06. The van der Waals surface area contributed by atoms with E-state index in [4.69, 9.17) is 4.74 Å². The van der Waals surface area contributed by atoms with Gasteiger partial charge in [-0.2, -0.15) is 0 Å². The summed E-state index contributed by atoms with van der Waals surface area (Å²) in [7, 11) is 1.72. The van der Waals surface area contributed by atoms with Crippen LogP contribution in [0, 0.1) is 0 Å². The average molecular weight is 233 g/mol. The minimum absolute atomic E-state index is 0.363. The van der Waals surface area contributed by atoms with Crippen molar-refractivity contribution < 1.29 is 4.74 Å². The van der Waals surface area contributed by atoms with Crippen LogP contribution >= 0.6 is 0 Å². The van der Waals surface area contributed by atoms with Gasteiger partial charge in [-0.3, -0.25) is 0 Å². The Morgan fingerprint density at radius 3 is 2.35 bits per heavy atom. The lowest BCUT2D eigenvalue weighted by molar-refractivity contribution is 0.403. The van der Waals surface area contributed by atoms with Crippen molar-refractivity contribution in [1.82, 2.24) is 5.32 Å². The number of methoxy groups -OCH3 is 1. The molecule has 1 aromatic carbocycles. The van der Waals surface area contributed by atoms with Crippen molar-refractivity contribution in [3.8, 4) is 5.75 Å². The van der Waals surface area contributed by atoms with E-state index in [-0.39, 0.29) is 0 Å². The van der Waals surface area contributed by atoms with E-state index in [9.17, 15) is 0 Å². The first-order valence-electron chi connectivity index (χ1n) is 6.66. The summed E-state index contributed by atoms with van der Waals surface area (Å²) in [5.41, 5.74) is 1.83. The summed E-state index contributed by atoms with van der Waals surface area (Å²) >= 11 is 0. The van der Waals surface area contributed by atoms with Gasteiger partial charge in [0.2, 0.25) is 0 Å². The van der Waals surface area contributed by atoms with Crippen molar-refractivity contribution >= 4 is 0 Å². The first-order chi connectivity index (χ1) is 8.30. The van der Waals surface area contributed by atoms with Gasteiger partial charge in [0, 0.05) is 12.0 Å². The van der Waals surface area contributed by atoms with Gasteiger partial charge in [0.15, 0.2) is 0 Å². The quantitative estimate of drug-likeness (QED) is 0.843. The maximum Gasteiger partial charge on any atom is 0.118 e. The molecule has 0 bridgehead atoms. The van der Waals surface area contributed by atoms with Gasteiger partial charge in [-0.05, 0) is 37.1 Å². The van der Waals surface area contributed by atoms with Crippen LogP contribution in [-0.2, 0) is 5.41 Å². The highest BCUT2D eigenvalue weighted by Crippen LogP contribution is 2.41. The molecule has 1 aliphatic rings. The molecule has 0 aromatic heterocycles. The van der Waals surface area contributed by atoms with E-state index in [0.29, 0.717) is 5.41 Å². The molecule has 0 saturated heterocycles. The smallest absolute Gasteiger partial charge is 0.118 e. The van der Waals surface area contributed by atoms with Gasteiger partial charge in [0.05, 0.1) is 7.11 Å². The second-order valence-corrected chi connectivity index (χ2v) is 5.00. The molecule has 2 nitrogen and oxygen atoms in total. The second-order valence-electron chi connectivity index (χ2n) is 5.00. The van der Waals surface area contributed by atoms with E-state index < -0.39 is 0 Å². The Hall–Kier alpha value is -1.02. The topological polar surface area (TPSA) is 21.3 Å². The highest BCUT2D eigenvalue weighted by Gasteiger charge is 2.34. The second kappa shape index (κ2) is 5.54. The predicted molar refractivity (Wildman–Crippen MR) is 71.7 cm³/mol. The van der Waals surface area contributed by atoms with Crippen LogP contribution in [0.15, 0.2) is 24.3 Å². The zero-order valence-electron chi connectivity index (χ0n) is 11.0. The van der Waals surface area contributed by atoms with Gasteiger partial charge in [-0.1, -0.05) is 31.9 Å². The van der Waals surface area contributed by atoms with Crippen molar-refractivity contribution in [2.45, 2.75) is 38.0 Å². The molecule has 0 unspecified atom stereocenters. The van der Waals surface area contributed by atoms with Gasteiger partial charge >= 0.3 is 0 Å². The summed E-state index contributed by atoms with van der Waals surface area (Å²) in [6.45, 7) is 4.34. The SMILES string of the molecule is CCNCC1(c2ccc(OC)cc2)CCCC1. The highest BCUT2D eigenvalue weighted by molar-refractivity contribution is 5.33. The molecule has 1 aromatic rings. The van der Waals surface area contributed by atoms with Crippen molar-refractivity contribution in [3.05, 3.63) is 29.8 Å². The molecule has 2 heteroatoms. The zero-order valence-corrected chi connectivity index (χ0v) is 11.0. The molecule has 0 spiro atoms. The number of rotatable bonds is 5. The van der Waals surface area contributed by atoms with E-state index in [1.807, 2.05) is 0 Å². The van der Waals surface area contributed by atoms with Gasteiger partial charge in [-0.15, -0.1) is 0 Å². The molecule has 0 radical (unpaired) electrons. The molecule has 17 heavy (non-hydrogen) atoms. The first-order valence-corrected chi connectivity index (χ1v) is 6.66. The third-order valence-corrected chi connectivity index (χ3v) is 3.98. The normalized spacial score (nSPS) is 18.2. The Balaban J connectivity index is 2.19. The van der Waals surface area contributed by atoms with Crippen molar-refractivity contribution in [3.63, 3.8) is 0 Å². The van der Waals surface area contributed by atoms with Crippen LogP contribution < -0.4 is 10.1 Å². The van der Waals surface area contributed by atoms with Crippen molar-refractivity contribution in [2.75, 3.05) is 20.2 Å². The molecule has 0 amide bonds. The number of nitrogens with one attached hydrogen (secondary N) is 1. The molecule has 0 heterocycles. The summed E-state index contributed by atoms with van der Waals surface area (Å²) in [6.07, 6.45) is 5.34. The molecule has 0 atom stereocenters. The average Bonchev–Trinajstić information content (AvgIpc) is 2.86. The van der Waals surface area contributed by atoms with Gasteiger partial charge in [0.1, 0.15) is 5.75 Å². The molecule has 1 fully saturated rings. The van der Waals surface area contributed by atoms with Gasteiger partial charge < -0.3 is 10.1 Å². The van der Waals surface area contributed by atoms with Crippen LogP contribution in [-0.4, -0.2) is 20.2 Å². The maximum atomic E-state index is 5.23. The maximum absolute atomic E-state index is 5.23. The number of hydrogen-bond donors (Lipinski definition) is 1. The Labute approximate surface area is 104 Å². The van der Waals surface area contributed by atoms with Crippen LogP contribution in [0.1, 0.15) is 38.2 Å². The predicted octanol–water partition coefficient (Wildman–Crippen LogP) is 3.12. The van der Waals surface area contributed by atoms with E-state index >= 15 is 0 Å². The monoisotopic (exact) mass is 233 g/mol. The molecule has 2 rings (SSSR count). The molecular formula is C15H23NO. The fraction of sp³-hybridized carbons (Fsp3) is 0.600. The third kappa shape index (κ3) is 2.63. The summed E-state index contributed by atoms with van der Waals surface area (Å²) in [5.74, 6) is 0.949. The van der Waals surface area contributed by atoms with E-state index in [1.165, 1.54) is 31.2 Å². The van der Waals surface area contributed by atoms with Gasteiger partial charge in [-0.25, -0.2) is 0 Å². The minimum Gasteiger partial charge on any atom is -0.497 e. The number of hydrogen-bond acceptors (Lipinski definition) is 2. The number of likely N-dealkylation sites (N-methyl/N-ethyl adjacent to an activating group) is 1. The molecule has 1 saturated carbocycles. The lowest BCUT2D eigenvalue weighted by Crippen LogP contribution is -2.35. The van der Waals surface area contributed by atoms with Crippen LogP contribution in [0.4, 0.5) is 0 Å². The minimum atomic E-state index is 0.363. The number of benzene rings is 1. The molecule has 0 aliphatic heterocycles. The van der Waals surface area contributed by atoms with Crippen LogP contribution in [0.2, 0.25) is 0 Å². The lowest BCUT2D eigenvalue weighted by atomic mass is 9.79. The van der Waals surface area contributed by atoms with Crippen LogP contribution in [0.3, 0.4) is 0 Å². The Morgan fingerprint density at radius 2 is 1.82 bits per heavy atom. The fourth-order valence-corrected chi connectivity index (χ4v) is 2.93. The summed E-state index contributed by atoms with van der Waals surface area (Å²) in [6, 6.07) is 8.64. The molecule has 1 N–H and O–H groups in total. The highest BCUT2D eigenvalue weighted by atomic mass is 16.5. The Morgan fingerprint density at radius 1 is 1.18 bits per heavy atom. The standard InChI is InChI=1S/C15H23NO/c1-3-16-12-15(10-4-5-11-15)13-6-8-14(17-2)9-7-13/h6-9,16H,3-5,10-12H2,1-2H3. The number of ether oxygens (including phenoxy) is 1. The van der Waals surface area contributed by atoms with E-state index in [0.717, 1.165) is 18.8 Å².